The van der Waals surface area contributed by atoms with Crippen LogP contribution in [0.3, 0.4) is 0 Å². The Bertz CT molecular complexity index is 464. The second-order valence-electron chi connectivity index (χ2n) is 5.10. The molecular formula is C18H24HfO2. The van der Waals surface area contributed by atoms with Crippen LogP contribution in [0.25, 0.3) is 0 Å². The van der Waals surface area contributed by atoms with Crippen molar-refractivity contribution >= 4 is 0 Å². The standard InChI is InChI=1S/2C7H7.2C2H5O.Hf/c2*1-7-5-3-2-4-6-7;2*1-2-3;/h2*2-6H,1H2;2*2H2,1H3;/q;;2*-1;+2. The van der Waals surface area contributed by atoms with E-state index in [2.05, 4.69) is 74.5 Å². The molecule has 0 aliphatic carbocycles. The maximum absolute atomic E-state index is 6.28. The van der Waals surface area contributed by atoms with E-state index in [0.717, 1.165) is 21.6 Å². The molecule has 0 atom stereocenters. The molecule has 0 fully saturated rings. The zero-order valence-corrected chi connectivity index (χ0v) is 16.5. The third kappa shape index (κ3) is 5.17. The molecule has 0 saturated heterocycles. The monoisotopic (exact) mass is 452 g/mol. The molecule has 21 heavy (non-hydrogen) atoms. The predicted molar refractivity (Wildman–Crippen MR) is 83.5 cm³/mol. The summed E-state index contributed by atoms with van der Waals surface area (Å²) >= 11 is -3.29. The Morgan fingerprint density at radius 1 is 0.667 bits per heavy atom. The van der Waals surface area contributed by atoms with Gasteiger partial charge in [0, 0.05) is 0 Å². The van der Waals surface area contributed by atoms with Crippen LogP contribution in [0.15, 0.2) is 60.7 Å². The summed E-state index contributed by atoms with van der Waals surface area (Å²) in [6.07, 6.45) is 0. The summed E-state index contributed by atoms with van der Waals surface area (Å²) in [5, 5.41) is 0. The quantitative estimate of drug-likeness (QED) is 0.553. The molecule has 0 saturated carbocycles. The van der Waals surface area contributed by atoms with E-state index in [1.54, 1.807) is 0 Å². The van der Waals surface area contributed by atoms with Crippen molar-refractivity contribution < 1.29 is 26.6 Å². The summed E-state index contributed by atoms with van der Waals surface area (Å²) in [7, 11) is 0. The maximum atomic E-state index is 6.28. The average molecular weight is 451 g/mol. The molecule has 0 heterocycles. The molecule has 2 nitrogen and oxygen atoms in total. The van der Waals surface area contributed by atoms with Crippen LogP contribution in [0.4, 0.5) is 0 Å². The zero-order valence-electron chi connectivity index (χ0n) is 12.9. The Hall–Kier alpha value is -0.770. The molecule has 0 aromatic heterocycles. The molecule has 0 unspecified atom stereocenters. The minimum absolute atomic E-state index is 0.737. The summed E-state index contributed by atoms with van der Waals surface area (Å²) in [4.78, 5) is 0. The summed E-state index contributed by atoms with van der Waals surface area (Å²) in [5.74, 6) is 0. The van der Waals surface area contributed by atoms with Crippen LogP contribution in [-0.2, 0) is 34.9 Å². The van der Waals surface area contributed by atoms with Gasteiger partial charge < -0.3 is 0 Å². The third-order valence-corrected chi connectivity index (χ3v) is 16.1. The first-order chi connectivity index (χ1) is 10.3. The van der Waals surface area contributed by atoms with Gasteiger partial charge in [-0.15, -0.1) is 0 Å². The van der Waals surface area contributed by atoms with Crippen LogP contribution in [0.5, 0.6) is 0 Å². The molecule has 0 spiro atoms. The van der Waals surface area contributed by atoms with E-state index in [9.17, 15) is 0 Å². The van der Waals surface area contributed by atoms with Gasteiger partial charge in [-0.25, -0.2) is 0 Å². The molecule has 0 amide bonds. The van der Waals surface area contributed by atoms with Gasteiger partial charge in [0.2, 0.25) is 0 Å². The Morgan fingerprint density at radius 2 is 1.05 bits per heavy atom. The van der Waals surface area contributed by atoms with Gasteiger partial charge in [0.05, 0.1) is 0 Å². The van der Waals surface area contributed by atoms with Crippen molar-refractivity contribution in [3.8, 4) is 0 Å². The fourth-order valence-corrected chi connectivity index (χ4v) is 14.8. The topological polar surface area (TPSA) is 18.5 Å². The van der Waals surface area contributed by atoms with Gasteiger partial charge in [-0.3, -0.25) is 0 Å². The SMILES string of the molecule is CC[O][Hf]([CH2]c1ccccc1)([CH2]c1ccccc1)[O]CC. The number of rotatable bonds is 8. The Balaban J connectivity index is 2.23. The summed E-state index contributed by atoms with van der Waals surface area (Å²) < 4.78 is 14.5. The first-order valence-corrected chi connectivity index (χ1v) is 15.6. The number of hydrogen-bond acceptors (Lipinski definition) is 2. The van der Waals surface area contributed by atoms with Gasteiger partial charge in [0.15, 0.2) is 0 Å². The first kappa shape index (κ1) is 16.6. The molecule has 2 rings (SSSR count). The van der Waals surface area contributed by atoms with Crippen molar-refractivity contribution in [2.75, 3.05) is 13.2 Å². The van der Waals surface area contributed by atoms with Crippen molar-refractivity contribution in [2.24, 2.45) is 0 Å². The van der Waals surface area contributed by atoms with Crippen molar-refractivity contribution in [2.45, 2.75) is 22.2 Å². The van der Waals surface area contributed by atoms with Crippen molar-refractivity contribution in [3.63, 3.8) is 0 Å². The second kappa shape index (κ2) is 8.62. The summed E-state index contributed by atoms with van der Waals surface area (Å²) in [6.45, 7) is 5.62. The minimum atomic E-state index is -3.29. The van der Waals surface area contributed by atoms with E-state index >= 15 is 0 Å². The van der Waals surface area contributed by atoms with Crippen molar-refractivity contribution in [1.29, 1.82) is 0 Å². The average Bonchev–Trinajstić information content (AvgIpc) is 2.50. The number of hydrogen-bond donors (Lipinski definition) is 0. The van der Waals surface area contributed by atoms with Crippen LogP contribution in [0.1, 0.15) is 25.0 Å². The normalized spacial score (nSPS) is 11.5. The Labute approximate surface area is 133 Å². The van der Waals surface area contributed by atoms with Crippen LogP contribution in [0.2, 0.25) is 0 Å². The molecule has 2 aromatic rings. The van der Waals surface area contributed by atoms with Gasteiger partial charge in [-0.2, -0.15) is 0 Å². The van der Waals surface area contributed by atoms with Gasteiger partial charge in [0.1, 0.15) is 0 Å². The molecule has 0 radical (unpaired) electrons. The van der Waals surface area contributed by atoms with Gasteiger partial charge in [-0.05, 0) is 0 Å². The second-order valence-corrected chi connectivity index (χ2v) is 16.3. The van der Waals surface area contributed by atoms with Crippen LogP contribution < -0.4 is 0 Å². The van der Waals surface area contributed by atoms with E-state index < -0.39 is 20.8 Å². The molecule has 0 aliphatic rings. The molecule has 0 N–H and O–H groups in total. The van der Waals surface area contributed by atoms with E-state index in [0.29, 0.717) is 0 Å². The summed E-state index contributed by atoms with van der Waals surface area (Å²) in [5.41, 5.74) is 2.66. The Kier molecular flexibility index (Phi) is 6.81. The van der Waals surface area contributed by atoms with Crippen molar-refractivity contribution in [3.05, 3.63) is 71.8 Å². The molecule has 0 aliphatic heterocycles. The van der Waals surface area contributed by atoms with E-state index in [-0.39, 0.29) is 0 Å². The van der Waals surface area contributed by atoms with Crippen LogP contribution in [0, 0.1) is 0 Å². The molecule has 0 bridgehead atoms. The molecular weight excluding hydrogens is 427 g/mol. The van der Waals surface area contributed by atoms with Crippen LogP contribution in [-0.4, -0.2) is 13.2 Å². The van der Waals surface area contributed by atoms with Gasteiger partial charge in [-0.1, -0.05) is 0 Å². The first-order valence-electron chi connectivity index (χ1n) is 7.64. The van der Waals surface area contributed by atoms with Crippen molar-refractivity contribution in [1.82, 2.24) is 0 Å². The van der Waals surface area contributed by atoms with E-state index in [4.69, 9.17) is 5.71 Å². The van der Waals surface area contributed by atoms with Gasteiger partial charge >= 0.3 is 134 Å². The van der Waals surface area contributed by atoms with Crippen LogP contribution >= 0.6 is 0 Å². The molecule has 2 aromatic carbocycles. The third-order valence-electron chi connectivity index (χ3n) is 3.45. The zero-order chi connectivity index (χ0) is 15.0. The molecule has 112 valence electrons. The summed E-state index contributed by atoms with van der Waals surface area (Å²) in [6, 6.07) is 21.2. The van der Waals surface area contributed by atoms with E-state index in [1.165, 1.54) is 11.1 Å². The Morgan fingerprint density at radius 3 is 1.38 bits per heavy atom. The number of benzene rings is 2. The fourth-order valence-electron chi connectivity index (χ4n) is 2.65. The van der Waals surface area contributed by atoms with E-state index in [1.807, 2.05) is 0 Å². The molecule has 3 heteroatoms. The fraction of sp³-hybridized carbons (Fsp3) is 0.333. The van der Waals surface area contributed by atoms with Gasteiger partial charge in [0.25, 0.3) is 0 Å². The predicted octanol–water partition coefficient (Wildman–Crippen LogP) is 4.44.